The Morgan fingerprint density at radius 2 is 1.53 bits per heavy atom. The highest BCUT2D eigenvalue weighted by Gasteiger charge is 2.42. The van der Waals surface area contributed by atoms with Crippen molar-refractivity contribution in [3.05, 3.63) is 30.3 Å². The summed E-state index contributed by atoms with van der Waals surface area (Å²) in [6.07, 6.45) is 0. The molecule has 0 aromatic heterocycles. The van der Waals surface area contributed by atoms with Crippen LogP contribution in [0.2, 0.25) is 0 Å². The van der Waals surface area contributed by atoms with Crippen molar-refractivity contribution in [1.29, 1.82) is 0 Å². The third kappa shape index (κ3) is 3.92. The molecule has 0 bridgehead atoms. The second-order valence-electron chi connectivity index (χ2n) is 5.18. The number of hydrogen-bond donors (Lipinski definition) is 0. The topological polar surface area (TPSA) is 27.7 Å². The third-order valence-corrected chi connectivity index (χ3v) is 5.00. The summed E-state index contributed by atoms with van der Waals surface area (Å²) in [6, 6.07) is 9.88. The van der Waals surface area contributed by atoms with Crippen LogP contribution in [-0.2, 0) is 13.3 Å². The molecule has 0 heterocycles. The Kier molecular flexibility index (Phi) is 4.88. The molecule has 0 aliphatic heterocycles. The van der Waals surface area contributed by atoms with Crippen LogP contribution in [-0.4, -0.2) is 29.6 Å². The van der Waals surface area contributed by atoms with Crippen LogP contribution in [0, 0.1) is 5.41 Å². The summed E-state index contributed by atoms with van der Waals surface area (Å²) < 4.78 is 17.1. The standard InChI is InChI=1S/C13H22O3Si/c1-13(2,3)11-16-17(14-4,15-5)12-9-7-6-8-10-12/h6-10H,11H2,1-5H3. The second kappa shape index (κ2) is 5.77. The van der Waals surface area contributed by atoms with Gasteiger partial charge in [0.05, 0.1) is 0 Å². The lowest BCUT2D eigenvalue weighted by Crippen LogP contribution is -2.56. The monoisotopic (exact) mass is 254 g/mol. The first-order valence-electron chi connectivity index (χ1n) is 5.73. The van der Waals surface area contributed by atoms with Crippen molar-refractivity contribution in [3.8, 4) is 0 Å². The van der Waals surface area contributed by atoms with Gasteiger partial charge in [0, 0.05) is 26.0 Å². The van der Waals surface area contributed by atoms with E-state index in [0.29, 0.717) is 6.61 Å². The zero-order chi connectivity index (χ0) is 12.9. The van der Waals surface area contributed by atoms with Crippen molar-refractivity contribution in [3.63, 3.8) is 0 Å². The first-order valence-corrected chi connectivity index (χ1v) is 7.46. The van der Waals surface area contributed by atoms with Crippen LogP contribution < -0.4 is 5.19 Å². The molecule has 0 radical (unpaired) electrons. The molecular formula is C13H22O3Si. The van der Waals surface area contributed by atoms with E-state index in [2.05, 4.69) is 20.8 Å². The van der Waals surface area contributed by atoms with Crippen molar-refractivity contribution in [2.24, 2.45) is 5.41 Å². The van der Waals surface area contributed by atoms with Gasteiger partial charge in [-0.05, 0) is 5.41 Å². The predicted octanol–water partition coefficient (Wildman–Crippen LogP) is 2.19. The molecule has 0 aliphatic carbocycles. The first kappa shape index (κ1) is 14.4. The summed E-state index contributed by atoms with van der Waals surface area (Å²) in [5.41, 5.74) is 0.0874. The normalized spacial score (nSPS) is 12.8. The minimum Gasteiger partial charge on any atom is -0.373 e. The molecule has 0 atom stereocenters. The fourth-order valence-corrected chi connectivity index (χ4v) is 3.74. The van der Waals surface area contributed by atoms with Crippen LogP contribution in [0.1, 0.15) is 20.8 Å². The minimum absolute atomic E-state index is 0.0874. The smallest absolute Gasteiger partial charge is 0.373 e. The molecule has 0 unspecified atom stereocenters. The van der Waals surface area contributed by atoms with E-state index in [1.807, 2.05) is 30.3 Å². The van der Waals surface area contributed by atoms with Gasteiger partial charge in [-0.25, -0.2) is 0 Å². The van der Waals surface area contributed by atoms with Gasteiger partial charge in [-0.3, -0.25) is 0 Å². The summed E-state index contributed by atoms with van der Waals surface area (Å²) in [5.74, 6) is 0. The zero-order valence-electron chi connectivity index (χ0n) is 11.3. The second-order valence-corrected chi connectivity index (χ2v) is 7.97. The van der Waals surface area contributed by atoms with Gasteiger partial charge >= 0.3 is 8.80 Å². The quantitative estimate of drug-likeness (QED) is 0.754. The molecule has 0 aliphatic rings. The van der Waals surface area contributed by atoms with Gasteiger partial charge in [-0.1, -0.05) is 51.1 Å². The Hall–Kier alpha value is -0.683. The fraction of sp³-hybridized carbons (Fsp3) is 0.538. The third-order valence-electron chi connectivity index (χ3n) is 2.36. The van der Waals surface area contributed by atoms with E-state index in [0.717, 1.165) is 5.19 Å². The maximum atomic E-state index is 5.97. The molecule has 0 amide bonds. The molecule has 0 spiro atoms. The fourth-order valence-electron chi connectivity index (χ4n) is 1.47. The van der Waals surface area contributed by atoms with Crippen molar-refractivity contribution >= 4 is 14.0 Å². The minimum atomic E-state index is -2.73. The van der Waals surface area contributed by atoms with E-state index >= 15 is 0 Å². The van der Waals surface area contributed by atoms with Gasteiger partial charge in [0.15, 0.2) is 0 Å². The highest BCUT2D eigenvalue weighted by molar-refractivity contribution is 6.75. The van der Waals surface area contributed by atoms with Gasteiger partial charge in [0.2, 0.25) is 0 Å². The Labute approximate surface area is 105 Å². The number of rotatable bonds is 5. The molecular weight excluding hydrogens is 232 g/mol. The first-order chi connectivity index (χ1) is 7.93. The van der Waals surface area contributed by atoms with Crippen LogP contribution in [0.15, 0.2) is 30.3 Å². The highest BCUT2D eigenvalue weighted by Crippen LogP contribution is 2.17. The Bertz CT molecular complexity index is 328. The van der Waals surface area contributed by atoms with E-state index in [9.17, 15) is 0 Å². The Balaban J connectivity index is 2.90. The summed E-state index contributed by atoms with van der Waals surface area (Å²) in [5, 5.41) is 0.995. The molecule has 1 rings (SSSR count). The van der Waals surface area contributed by atoms with Crippen LogP contribution in [0.4, 0.5) is 0 Å². The number of benzene rings is 1. The van der Waals surface area contributed by atoms with Crippen molar-refractivity contribution < 1.29 is 13.3 Å². The zero-order valence-corrected chi connectivity index (χ0v) is 12.3. The summed E-state index contributed by atoms with van der Waals surface area (Å²) in [6.45, 7) is 6.99. The molecule has 17 heavy (non-hydrogen) atoms. The predicted molar refractivity (Wildman–Crippen MR) is 71.3 cm³/mol. The van der Waals surface area contributed by atoms with Gasteiger partial charge in [0.25, 0.3) is 0 Å². The van der Waals surface area contributed by atoms with Crippen LogP contribution in [0.25, 0.3) is 0 Å². The van der Waals surface area contributed by atoms with E-state index in [1.165, 1.54) is 0 Å². The average molecular weight is 254 g/mol. The van der Waals surface area contributed by atoms with Crippen molar-refractivity contribution in [1.82, 2.24) is 0 Å². The summed E-state index contributed by atoms with van der Waals surface area (Å²) >= 11 is 0. The maximum absolute atomic E-state index is 5.97. The maximum Gasteiger partial charge on any atom is 0.536 e. The van der Waals surface area contributed by atoms with Crippen molar-refractivity contribution in [2.45, 2.75) is 20.8 Å². The van der Waals surface area contributed by atoms with Crippen LogP contribution >= 0.6 is 0 Å². The van der Waals surface area contributed by atoms with Crippen molar-refractivity contribution in [2.75, 3.05) is 20.8 Å². The van der Waals surface area contributed by atoms with E-state index in [1.54, 1.807) is 14.2 Å². The molecule has 0 saturated heterocycles. The van der Waals surface area contributed by atoms with Gasteiger partial charge in [0.1, 0.15) is 0 Å². The van der Waals surface area contributed by atoms with Gasteiger partial charge in [-0.15, -0.1) is 0 Å². The molecule has 1 aromatic carbocycles. The van der Waals surface area contributed by atoms with Gasteiger partial charge < -0.3 is 13.3 Å². The van der Waals surface area contributed by atoms with E-state index in [4.69, 9.17) is 13.3 Å². The molecule has 1 aromatic rings. The van der Waals surface area contributed by atoms with Crippen LogP contribution in [0.3, 0.4) is 0 Å². The largest absolute Gasteiger partial charge is 0.536 e. The Morgan fingerprint density at radius 1 is 1.00 bits per heavy atom. The number of hydrogen-bond acceptors (Lipinski definition) is 3. The summed E-state index contributed by atoms with van der Waals surface area (Å²) in [7, 11) is 0.559. The molecule has 0 fully saturated rings. The molecule has 4 heteroatoms. The Morgan fingerprint density at radius 3 is 1.94 bits per heavy atom. The average Bonchev–Trinajstić information content (AvgIpc) is 2.31. The van der Waals surface area contributed by atoms with Crippen LogP contribution in [0.5, 0.6) is 0 Å². The molecule has 3 nitrogen and oxygen atoms in total. The lowest BCUT2D eigenvalue weighted by molar-refractivity contribution is 0.0782. The van der Waals surface area contributed by atoms with E-state index in [-0.39, 0.29) is 5.41 Å². The summed E-state index contributed by atoms with van der Waals surface area (Å²) in [4.78, 5) is 0. The van der Waals surface area contributed by atoms with E-state index < -0.39 is 8.80 Å². The van der Waals surface area contributed by atoms with Gasteiger partial charge in [-0.2, -0.15) is 0 Å². The molecule has 0 saturated carbocycles. The highest BCUT2D eigenvalue weighted by atomic mass is 28.4. The molecule has 96 valence electrons. The SMILES string of the molecule is CO[Si](OC)(OCC(C)(C)C)c1ccccc1. The molecule has 0 N–H and O–H groups in total. The lowest BCUT2D eigenvalue weighted by Gasteiger charge is -2.30. The lowest BCUT2D eigenvalue weighted by atomic mass is 9.99.